The number of hydrogen-bond acceptors (Lipinski definition) is 5. The number of anilines is 3. The second kappa shape index (κ2) is 4.49. The molecule has 2 aromatic heterocycles. The van der Waals surface area contributed by atoms with Crippen molar-refractivity contribution in [1.29, 1.82) is 0 Å². The summed E-state index contributed by atoms with van der Waals surface area (Å²) in [5.74, 6) is 0. The lowest BCUT2D eigenvalue weighted by Crippen LogP contribution is -1.91. The van der Waals surface area contributed by atoms with Crippen LogP contribution in [0.25, 0.3) is 21.9 Å². The molecule has 0 saturated heterocycles. The Morgan fingerprint density at radius 1 is 1.10 bits per heavy atom. The lowest BCUT2D eigenvalue weighted by Gasteiger charge is -2.05. The van der Waals surface area contributed by atoms with Gasteiger partial charge >= 0.3 is 0 Å². The number of fused-ring (bicyclic) bond motifs is 2. The molecule has 0 aliphatic carbocycles. The molecule has 0 fully saturated rings. The van der Waals surface area contributed by atoms with Gasteiger partial charge in [0.15, 0.2) is 5.58 Å². The zero-order valence-electron chi connectivity index (χ0n) is 11.1. The summed E-state index contributed by atoms with van der Waals surface area (Å²) in [6, 6.07) is 13.8. The molecule has 0 unspecified atom stereocenters. The Hall–Kier alpha value is -3.08. The number of nitrogens with zero attached hydrogens (tertiary/aromatic N) is 2. The molecule has 0 radical (unpaired) electrons. The van der Waals surface area contributed by atoms with Crippen LogP contribution >= 0.6 is 0 Å². The van der Waals surface area contributed by atoms with Crippen molar-refractivity contribution in [3.05, 3.63) is 54.9 Å². The first kappa shape index (κ1) is 11.7. The number of oxazole rings is 1. The third kappa shape index (κ3) is 2.04. The van der Waals surface area contributed by atoms with E-state index in [-0.39, 0.29) is 0 Å². The van der Waals surface area contributed by atoms with E-state index in [0.717, 1.165) is 22.0 Å². The van der Waals surface area contributed by atoms with Crippen LogP contribution in [0.15, 0.2) is 59.3 Å². The van der Waals surface area contributed by atoms with Gasteiger partial charge in [-0.05, 0) is 30.3 Å². The quantitative estimate of drug-likeness (QED) is 0.546. The second-order valence-corrected chi connectivity index (χ2v) is 4.77. The highest BCUT2D eigenvalue weighted by Crippen LogP contribution is 2.27. The number of nitrogens with two attached hydrogens (primary N) is 1. The van der Waals surface area contributed by atoms with Crippen molar-refractivity contribution < 1.29 is 4.42 Å². The fourth-order valence-electron chi connectivity index (χ4n) is 2.34. The maximum atomic E-state index is 5.75. The summed E-state index contributed by atoms with van der Waals surface area (Å²) < 4.78 is 5.68. The summed E-state index contributed by atoms with van der Waals surface area (Å²) in [5, 5.41) is 5.33. The van der Waals surface area contributed by atoms with Crippen LogP contribution in [0.3, 0.4) is 0 Å². The van der Waals surface area contributed by atoms with E-state index in [4.69, 9.17) is 10.2 Å². The van der Waals surface area contributed by atoms with Gasteiger partial charge in [0.1, 0.15) is 5.52 Å². The predicted octanol–water partition coefficient (Wildman–Crippen LogP) is 3.70. The standard InChI is InChI=1S/C16H12N4O/c17-11-4-5-15-14(8-11)20-16(21-15)19-13-3-1-2-10-9-18-7-6-12(10)13/h1-9H,17H2,(H,19,20). The van der Waals surface area contributed by atoms with E-state index in [1.54, 1.807) is 18.3 Å². The van der Waals surface area contributed by atoms with E-state index in [1.165, 1.54) is 0 Å². The second-order valence-electron chi connectivity index (χ2n) is 4.77. The summed E-state index contributed by atoms with van der Waals surface area (Å²) in [6.07, 6.45) is 3.59. The minimum Gasteiger partial charge on any atom is -0.423 e. The first-order valence-corrected chi connectivity index (χ1v) is 6.55. The van der Waals surface area contributed by atoms with Gasteiger partial charge in [0.25, 0.3) is 6.01 Å². The van der Waals surface area contributed by atoms with Crippen molar-refractivity contribution in [3.63, 3.8) is 0 Å². The van der Waals surface area contributed by atoms with Crippen molar-refractivity contribution in [1.82, 2.24) is 9.97 Å². The van der Waals surface area contributed by atoms with Crippen molar-refractivity contribution in [2.24, 2.45) is 0 Å². The average Bonchev–Trinajstić information content (AvgIpc) is 2.89. The number of pyridine rings is 1. The van der Waals surface area contributed by atoms with Crippen molar-refractivity contribution in [2.75, 3.05) is 11.1 Å². The average molecular weight is 276 g/mol. The van der Waals surface area contributed by atoms with Gasteiger partial charge in [-0.2, -0.15) is 4.98 Å². The van der Waals surface area contributed by atoms with Gasteiger partial charge in [-0.1, -0.05) is 12.1 Å². The fourth-order valence-corrected chi connectivity index (χ4v) is 2.34. The Bertz CT molecular complexity index is 940. The van der Waals surface area contributed by atoms with Crippen LogP contribution < -0.4 is 11.1 Å². The number of rotatable bonds is 2. The summed E-state index contributed by atoms with van der Waals surface area (Å²) in [5.41, 5.74) is 8.78. The highest BCUT2D eigenvalue weighted by Gasteiger charge is 2.08. The van der Waals surface area contributed by atoms with Crippen molar-refractivity contribution in [3.8, 4) is 0 Å². The third-order valence-electron chi connectivity index (χ3n) is 3.33. The molecule has 0 aliphatic heterocycles. The Labute approximate surface area is 120 Å². The van der Waals surface area contributed by atoms with E-state index in [2.05, 4.69) is 15.3 Å². The lowest BCUT2D eigenvalue weighted by atomic mass is 10.1. The summed E-state index contributed by atoms with van der Waals surface area (Å²) >= 11 is 0. The zero-order chi connectivity index (χ0) is 14.2. The lowest BCUT2D eigenvalue weighted by molar-refractivity contribution is 0.623. The molecule has 4 rings (SSSR count). The molecule has 0 saturated carbocycles. The van der Waals surface area contributed by atoms with E-state index in [9.17, 15) is 0 Å². The van der Waals surface area contributed by atoms with Gasteiger partial charge in [-0.25, -0.2) is 0 Å². The van der Waals surface area contributed by atoms with Crippen molar-refractivity contribution in [2.45, 2.75) is 0 Å². The highest BCUT2D eigenvalue weighted by atomic mass is 16.4. The maximum absolute atomic E-state index is 5.75. The van der Waals surface area contributed by atoms with Gasteiger partial charge in [-0.3, -0.25) is 4.98 Å². The first-order valence-electron chi connectivity index (χ1n) is 6.55. The number of benzene rings is 2. The molecule has 102 valence electrons. The minimum absolute atomic E-state index is 0.444. The molecule has 5 nitrogen and oxygen atoms in total. The topological polar surface area (TPSA) is 77.0 Å². The molecule has 2 heterocycles. The molecule has 0 spiro atoms. The Kier molecular flexibility index (Phi) is 2.50. The number of hydrogen-bond donors (Lipinski definition) is 2. The molecular formula is C16H12N4O. The Morgan fingerprint density at radius 3 is 3.00 bits per heavy atom. The SMILES string of the molecule is Nc1ccc2oc(Nc3cccc4cnccc34)nc2c1. The van der Waals surface area contributed by atoms with Gasteiger partial charge in [0.05, 0.1) is 5.69 Å². The number of nitrogen functional groups attached to an aromatic ring is 1. The van der Waals surface area contributed by atoms with Gasteiger partial charge < -0.3 is 15.5 Å². The summed E-state index contributed by atoms with van der Waals surface area (Å²) in [7, 11) is 0. The van der Waals surface area contributed by atoms with E-state index >= 15 is 0 Å². The predicted molar refractivity (Wildman–Crippen MR) is 83.4 cm³/mol. The van der Waals surface area contributed by atoms with E-state index in [0.29, 0.717) is 17.3 Å². The van der Waals surface area contributed by atoms with E-state index in [1.807, 2.05) is 36.5 Å². The van der Waals surface area contributed by atoms with Crippen LogP contribution in [-0.2, 0) is 0 Å². The molecule has 0 aliphatic rings. The molecule has 3 N–H and O–H groups in total. The van der Waals surface area contributed by atoms with Gasteiger partial charge in [0, 0.05) is 28.9 Å². The molecule has 0 atom stereocenters. The molecule has 21 heavy (non-hydrogen) atoms. The maximum Gasteiger partial charge on any atom is 0.300 e. The number of nitrogens with one attached hydrogen (secondary N) is 1. The molecule has 0 bridgehead atoms. The summed E-state index contributed by atoms with van der Waals surface area (Å²) in [6.45, 7) is 0. The third-order valence-corrected chi connectivity index (χ3v) is 3.33. The Morgan fingerprint density at radius 2 is 2.05 bits per heavy atom. The van der Waals surface area contributed by atoms with E-state index < -0.39 is 0 Å². The normalized spacial score (nSPS) is 11.0. The molecule has 4 aromatic rings. The summed E-state index contributed by atoms with van der Waals surface area (Å²) in [4.78, 5) is 8.53. The zero-order valence-corrected chi connectivity index (χ0v) is 11.1. The van der Waals surface area contributed by atoms with Crippen LogP contribution in [-0.4, -0.2) is 9.97 Å². The van der Waals surface area contributed by atoms with Crippen molar-refractivity contribution >= 4 is 39.3 Å². The fraction of sp³-hybridized carbons (Fsp3) is 0. The van der Waals surface area contributed by atoms with Crippen LogP contribution in [0, 0.1) is 0 Å². The molecular weight excluding hydrogens is 264 g/mol. The van der Waals surface area contributed by atoms with Gasteiger partial charge in [0.2, 0.25) is 0 Å². The molecule has 5 heteroatoms. The van der Waals surface area contributed by atoms with Crippen LogP contribution in [0.5, 0.6) is 0 Å². The minimum atomic E-state index is 0.444. The van der Waals surface area contributed by atoms with Gasteiger partial charge in [-0.15, -0.1) is 0 Å². The highest BCUT2D eigenvalue weighted by molar-refractivity contribution is 5.94. The smallest absolute Gasteiger partial charge is 0.300 e. The number of aromatic nitrogens is 2. The first-order chi connectivity index (χ1) is 10.3. The molecule has 2 aromatic carbocycles. The largest absolute Gasteiger partial charge is 0.423 e. The Balaban J connectivity index is 1.79. The van der Waals surface area contributed by atoms with Crippen LogP contribution in [0.1, 0.15) is 0 Å². The molecule has 0 amide bonds. The van der Waals surface area contributed by atoms with Crippen LogP contribution in [0.2, 0.25) is 0 Å². The van der Waals surface area contributed by atoms with Crippen LogP contribution in [0.4, 0.5) is 17.4 Å². The monoisotopic (exact) mass is 276 g/mol.